The molecule has 0 spiro atoms. The highest BCUT2D eigenvalue weighted by Crippen LogP contribution is 2.46. The standard InChI is InChI=1S/C25H27ClN4O3S/c1-27-25(28-2)29-17-23(18-8-5-4-6-9-18)24(19-12-14-20(26)15-13-19)30(29)34(31,32)22-11-7-10-21(16-22)33-3/h4-16,23-24H,17H2,1-3H3,(H,27,28). The first-order chi connectivity index (χ1) is 16.4. The second kappa shape index (κ2) is 10.0. The summed E-state index contributed by atoms with van der Waals surface area (Å²) < 4.78 is 35.1. The number of nitrogens with one attached hydrogen (secondary N) is 1. The van der Waals surface area contributed by atoms with Crippen molar-refractivity contribution < 1.29 is 13.2 Å². The molecule has 1 saturated heterocycles. The highest BCUT2D eigenvalue weighted by atomic mass is 35.5. The molecule has 1 N–H and O–H groups in total. The largest absolute Gasteiger partial charge is 0.497 e. The Hall–Kier alpha value is -3.07. The molecule has 1 fully saturated rings. The number of benzene rings is 3. The molecular formula is C25H27ClN4O3S. The van der Waals surface area contributed by atoms with E-state index in [1.54, 1.807) is 49.4 Å². The van der Waals surface area contributed by atoms with Crippen molar-refractivity contribution in [1.29, 1.82) is 0 Å². The number of hydrogen-bond acceptors (Lipinski definition) is 4. The zero-order valence-corrected chi connectivity index (χ0v) is 20.8. The predicted octanol–water partition coefficient (Wildman–Crippen LogP) is 4.30. The summed E-state index contributed by atoms with van der Waals surface area (Å²) in [6, 6.07) is 23.2. The Morgan fingerprint density at radius 3 is 2.35 bits per heavy atom. The third-order valence-corrected chi connectivity index (χ3v) is 7.95. The number of hydrazine groups is 1. The molecule has 2 atom stereocenters. The van der Waals surface area contributed by atoms with Gasteiger partial charge in [-0.1, -0.05) is 64.5 Å². The first kappa shape index (κ1) is 24.1. The molecule has 1 aliphatic rings. The van der Waals surface area contributed by atoms with E-state index in [9.17, 15) is 8.42 Å². The molecule has 178 valence electrons. The number of guanidine groups is 1. The SMILES string of the molecule is CN=C(NC)N1CC(c2ccccc2)C(c2ccc(Cl)cc2)N1S(=O)(=O)c1cccc(OC)c1. The number of ether oxygens (including phenoxy) is 1. The molecule has 2 unspecified atom stereocenters. The minimum atomic E-state index is -4.01. The lowest BCUT2D eigenvalue weighted by Crippen LogP contribution is -2.49. The quantitative estimate of drug-likeness (QED) is 0.419. The second-order valence-corrected chi connectivity index (χ2v) is 10.1. The van der Waals surface area contributed by atoms with Gasteiger partial charge in [-0.15, -0.1) is 0 Å². The average molecular weight is 499 g/mol. The van der Waals surface area contributed by atoms with E-state index in [-0.39, 0.29) is 10.8 Å². The monoisotopic (exact) mass is 498 g/mol. The van der Waals surface area contributed by atoms with Crippen LogP contribution >= 0.6 is 11.6 Å². The molecule has 0 aromatic heterocycles. The lowest BCUT2D eigenvalue weighted by molar-refractivity contribution is 0.173. The Balaban J connectivity index is 1.94. The van der Waals surface area contributed by atoms with Crippen LogP contribution in [0.4, 0.5) is 0 Å². The van der Waals surface area contributed by atoms with Gasteiger partial charge < -0.3 is 10.1 Å². The molecule has 3 aromatic carbocycles. The maximum absolute atomic E-state index is 14.2. The first-order valence-electron chi connectivity index (χ1n) is 10.8. The van der Waals surface area contributed by atoms with Gasteiger partial charge in [0.05, 0.1) is 18.0 Å². The van der Waals surface area contributed by atoms with E-state index in [0.29, 0.717) is 23.3 Å². The summed E-state index contributed by atoms with van der Waals surface area (Å²) >= 11 is 6.17. The van der Waals surface area contributed by atoms with Crippen molar-refractivity contribution >= 4 is 27.6 Å². The van der Waals surface area contributed by atoms with Crippen LogP contribution < -0.4 is 10.1 Å². The Bertz CT molecular complexity index is 1270. The smallest absolute Gasteiger partial charge is 0.260 e. The molecule has 7 nitrogen and oxygen atoms in total. The highest BCUT2D eigenvalue weighted by Gasteiger charge is 2.49. The third kappa shape index (κ3) is 4.49. The van der Waals surface area contributed by atoms with Gasteiger partial charge in [0.1, 0.15) is 5.75 Å². The van der Waals surface area contributed by atoms with Crippen molar-refractivity contribution in [2.24, 2.45) is 4.99 Å². The zero-order valence-electron chi connectivity index (χ0n) is 19.2. The van der Waals surface area contributed by atoms with Crippen LogP contribution in [0.2, 0.25) is 5.02 Å². The highest BCUT2D eigenvalue weighted by molar-refractivity contribution is 7.89. The van der Waals surface area contributed by atoms with Crippen LogP contribution in [0.1, 0.15) is 23.1 Å². The molecule has 9 heteroatoms. The van der Waals surface area contributed by atoms with Gasteiger partial charge in [-0.05, 0) is 35.4 Å². The van der Waals surface area contributed by atoms with Crippen molar-refractivity contribution in [3.05, 3.63) is 95.0 Å². The van der Waals surface area contributed by atoms with Crippen molar-refractivity contribution in [2.45, 2.75) is 16.9 Å². The number of rotatable bonds is 5. The summed E-state index contributed by atoms with van der Waals surface area (Å²) in [5.41, 5.74) is 1.86. The van der Waals surface area contributed by atoms with Gasteiger partial charge in [0.15, 0.2) is 0 Å². The summed E-state index contributed by atoms with van der Waals surface area (Å²) in [4.78, 5) is 4.46. The Morgan fingerprint density at radius 2 is 1.74 bits per heavy atom. The van der Waals surface area contributed by atoms with Crippen molar-refractivity contribution in [1.82, 2.24) is 14.7 Å². The minimum absolute atomic E-state index is 0.135. The van der Waals surface area contributed by atoms with Gasteiger partial charge in [0.2, 0.25) is 5.96 Å². The lowest BCUT2D eigenvalue weighted by atomic mass is 9.89. The van der Waals surface area contributed by atoms with E-state index in [0.717, 1.165) is 11.1 Å². The maximum Gasteiger partial charge on any atom is 0.260 e. The molecule has 0 saturated carbocycles. The van der Waals surface area contributed by atoms with E-state index in [4.69, 9.17) is 16.3 Å². The Labute approximate surface area is 205 Å². The van der Waals surface area contributed by atoms with Crippen LogP contribution in [0, 0.1) is 0 Å². The van der Waals surface area contributed by atoms with E-state index in [1.807, 2.05) is 42.5 Å². The van der Waals surface area contributed by atoms with E-state index in [1.165, 1.54) is 17.6 Å². The molecule has 34 heavy (non-hydrogen) atoms. The fourth-order valence-corrected chi connectivity index (χ4v) is 6.19. The topological polar surface area (TPSA) is 74.2 Å². The molecule has 4 rings (SSSR count). The average Bonchev–Trinajstić information content (AvgIpc) is 3.27. The normalized spacial score (nSPS) is 19.3. The van der Waals surface area contributed by atoms with Crippen molar-refractivity contribution in [3.8, 4) is 5.75 Å². The van der Waals surface area contributed by atoms with E-state index >= 15 is 0 Å². The number of halogens is 1. The van der Waals surface area contributed by atoms with Gasteiger partial charge in [0, 0.05) is 37.6 Å². The van der Waals surface area contributed by atoms with Gasteiger partial charge in [0.25, 0.3) is 10.0 Å². The number of hydrogen-bond donors (Lipinski definition) is 1. The minimum Gasteiger partial charge on any atom is -0.497 e. The van der Waals surface area contributed by atoms with Crippen molar-refractivity contribution in [2.75, 3.05) is 27.7 Å². The number of methoxy groups -OCH3 is 1. The third-order valence-electron chi connectivity index (χ3n) is 5.93. The summed E-state index contributed by atoms with van der Waals surface area (Å²) in [5, 5.41) is 5.33. The van der Waals surface area contributed by atoms with Crippen LogP contribution in [-0.4, -0.2) is 51.6 Å². The molecule has 1 aliphatic heterocycles. The molecule has 1 heterocycles. The maximum atomic E-state index is 14.2. The summed E-state index contributed by atoms with van der Waals surface area (Å²) in [5.74, 6) is 0.754. The Morgan fingerprint density at radius 1 is 1.03 bits per heavy atom. The molecule has 0 radical (unpaired) electrons. The summed E-state index contributed by atoms with van der Waals surface area (Å²) in [6.07, 6.45) is 0. The van der Waals surface area contributed by atoms with Crippen LogP contribution in [0.5, 0.6) is 5.75 Å². The predicted molar refractivity (Wildman–Crippen MR) is 135 cm³/mol. The summed E-state index contributed by atoms with van der Waals surface area (Å²) in [6.45, 7) is 0.411. The Kier molecular flexibility index (Phi) is 7.11. The molecule has 0 aliphatic carbocycles. The fraction of sp³-hybridized carbons (Fsp3) is 0.240. The van der Waals surface area contributed by atoms with E-state index in [2.05, 4.69) is 10.3 Å². The summed E-state index contributed by atoms with van der Waals surface area (Å²) in [7, 11) is 0.866. The molecule has 3 aromatic rings. The molecule has 0 bridgehead atoms. The van der Waals surface area contributed by atoms with Crippen LogP contribution in [-0.2, 0) is 10.0 Å². The molecule has 0 amide bonds. The van der Waals surface area contributed by atoms with Crippen LogP contribution in [0.3, 0.4) is 0 Å². The van der Waals surface area contributed by atoms with Crippen molar-refractivity contribution in [3.63, 3.8) is 0 Å². The zero-order chi connectivity index (χ0) is 24.3. The fourth-order valence-electron chi connectivity index (χ4n) is 4.36. The number of aliphatic imine (C=N–C) groups is 1. The number of nitrogens with zero attached hydrogens (tertiary/aromatic N) is 3. The second-order valence-electron chi connectivity index (χ2n) is 7.85. The van der Waals surface area contributed by atoms with Gasteiger partial charge in [-0.3, -0.25) is 10.0 Å². The van der Waals surface area contributed by atoms with Gasteiger partial charge in [-0.2, -0.15) is 0 Å². The number of sulfonamides is 1. The van der Waals surface area contributed by atoms with Crippen LogP contribution in [0.15, 0.2) is 88.8 Å². The first-order valence-corrected chi connectivity index (χ1v) is 12.6. The molecular weight excluding hydrogens is 472 g/mol. The van der Waals surface area contributed by atoms with Gasteiger partial charge >= 0.3 is 0 Å². The van der Waals surface area contributed by atoms with Gasteiger partial charge in [-0.25, -0.2) is 8.42 Å². The lowest BCUT2D eigenvalue weighted by Gasteiger charge is -2.33. The van der Waals surface area contributed by atoms with Crippen LogP contribution in [0.25, 0.3) is 0 Å². The van der Waals surface area contributed by atoms with E-state index < -0.39 is 16.1 Å².